The summed E-state index contributed by atoms with van der Waals surface area (Å²) < 4.78 is 0. The zero-order chi connectivity index (χ0) is 13.0. The number of aromatic nitrogens is 4. The number of benzene rings is 1. The number of hydrogen-bond acceptors (Lipinski definition) is 5. The number of amides is 1. The first-order valence-electron chi connectivity index (χ1n) is 5.54. The molecule has 2 rings (SSSR count). The van der Waals surface area contributed by atoms with Gasteiger partial charge in [-0.1, -0.05) is 17.3 Å². The molecule has 1 atom stereocenters. The standard InChI is InChI=1S/C11H14N6O/c1-7(10-14-16-17-15-10)13-11(18)9-4-2-8(6-12)3-5-9/h2-5,7H,6,12H2,1H3,(H,13,18)(H,14,15,16,17). The predicted octanol–water partition coefficient (Wildman–Crippen LogP) is 0.149. The number of nitrogens with two attached hydrogens (primary N) is 1. The van der Waals surface area contributed by atoms with Crippen molar-refractivity contribution in [1.82, 2.24) is 25.9 Å². The van der Waals surface area contributed by atoms with E-state index in [1.54, 1.807) is 19.1 Å². The molecule has 1 amide bonds. The third kappa shape index (κ3) is 2.69. The molecule has 18 heavy (non-hydrogen) atoms. The van der Waals surface area contributed by atoms with Gasteiger partial charge in [0.1, 0.15) is 0 Å². The van der Waals surface area contributed by atoms with Crippen LogP contribution in [0.1, 0.15) is 34.7 Å². The second kappa shape index (κ2) is 5.37. The molecule has 0 bridgehead atoms. The maximum Gasteiger partial charge on any atom is 0.251 e. The molecule has 1 aromatic carbocycles. The van der Waals surface area contributed by atoms with Crippen LogP contribution in [0, 0.1) is 0 Å². The SMILES string of the molecule is CC(NC(=O)c1ccc(CN)cc1)c1nn[nH]n1. The lowest BCUT2D eigenvalue weighted by Crippen LogP contribution is -2.27. The molecule has 0 fully saturated rings. The lowest BCUT2D eigenvalue weighted by molar-refractivity contribution is 0.0938. The highest BCUT2D eigenvalue weighted by atomic mass is 16.1. The van der Waals surface area contributed by atoms with E-state index in [2.05, 4.69) is 25.9 Å². The minimum atomic E-state index is -0.301. The van der Waals surface area contributed by atoms with E-state index in [9.17, 15) is 4.79 Å². The van der Waals surface area contributed by atoms with Gasteiger partial charge < -0.3 is 11.1 Å². The van der Waals surface area contributed by atoms with Crippen molar-refractivity contribution in [2.45, 2.75) is 19.5 Å². The summed E-state index contributed by atoms with van der Waals surface area (Å²) in [6, 6.07) is 6.83. The van der Waals surface area contributed by atoms with Crippen LogP contribution in [0.3, 0.4) is 0 Å². The summed E-state index contributed by atoms with van der Waals surface area (Å²) in [6.07, 6.45) is 0. The number of nitrogens with one attached hydrogen (secondary N) is 2. The number of carbonyl (C=O) groups excluding carboxylic acids is 1. The van der Waals surface area contributed by atoms with Gasteiger partial charge in [0.05, 0.1) is 6.04 Å². The van der Waals surface area contributed by atoms with Gasteiger partial charge in [0.2, 0.25) is 0 Å². The van der Waals surface area contributed by atoms with Crippen LogP contribution in [0.25, 0.3) is 0 Å². The Labute approximate surface area is 104 Å². The Kier molecular flexibility index (Phi) is 3.63. The van der Waals surface area contributed by atoms with Gasteiger partial charge in [-0.15, -0.1) is 10.2 Å². The molecule has 0 saturated heterocycles. The Morgan fingerprint density at radius 3 is 2.72 bits per heavy atom. The van der Waals surface area contributed by atoms with Gasteiger partial charge in [0.15, 0.2) is 5.82 Å². The minimum absolute atomic E-state index is 0.184. The van der Waals surface area contributed by atoms with Crippen molar-refractivity contribution in [2.75, 3.05) is 0 Å². The van der Waals surface area contributed by atoms with E-state index in [-0.39, 0.29) is 11.9 Å². The van der Waals surface area contributed by atoms with E-state index in [1.807, 2.05) is 12.1 Å². The molecule has 0 radical (unpaired) electrons. The summed E-state index contributed by atoms with van der Waals surface area (Å²) in [5, 5.41) is 16.2. The van der Waals surface area contributed by atoms with Crippen molar-refractivity contribution < 1.29 is 4.79 Å². The van der Waals surface area contributed by atoms with Gasteiger partial charge in [-0.3, -0.25) is 4.79 Å². The van der Waals surface area contributed by atoms with E-state index in [1.165, 1.54) is 0 Å². The Morgan fingerprint density at radius 2 is 2.17 bits per heavy atom. The van der Waals surface area contributed by atoms with Crippen LogP contribution in [-0.2, 0) is 6.54 Å². The lowest BCUT2D eigenvalue weighted by Gasteiger charge is -2.10. The molecule has 0 saturated carbocycles. The van der Waals surface area contributed by atoms with Crippen LogP contribution in [0.4, 0.5) is 0 Å². The zero-order valence-electron chi connectivity index (χ0n) is 9.92. The Hall–Kier alpha value is -2.28. The van der Waals surface area contributed by atoms with Crippen LogP contribution in [0.5, 0.6) is 0 Å². The molecule has 0 aliphatic heterocycles. The lowest BCUT2D eigenvalue weighted by atomic mass is 10.1. The number of aromatic amines is 1. The maximum atomic E-state index is 11.9. The molecule has 1 heterocycles. The van der Waals surface area contributed by atoms with Crippen molar-refractivity contribution in [2.24, 2.45) is 5.73 Å². The summed E-state index contributed by atoms with van der Waals surface area (Å²) in [5.41, 5.74) is 7.05. The number of carbonyl (C=O) groups is 1. The van der Waals surface area contributed by atoms with Crippen molar-refractivity contribution in [3.63, 3.8) is 0 Å². The van der Waals surface area contributed by atoms with Crippen LogP contribution >= 0.6 is 0 Å². The highest BCUT2D eigenvalue weighted by Crippen LogP contribution is 2.08. The third-order valence-electron chi connectivity index (χ3n) is 2.55. The molecular weight excluding hydrogens is 232 g/mol. The predicted molar refractivity (Wildman–Crippen MR) is 64.4 cm³/mol. The zero-order valence-corrected chi connectivity index (χ0v) is 9.92. The number of tetrazole rings is 1. The molecule has 1 aromatic heterocycles. The highest BCUT2D eigenvalue weighted by molar-refractivity contribution is 5.94. The number of H-pyrrole nitrogens is 1. The molecule has 0 aliphatic rings. The topological polar surface area (TPSA) is 110 Å². The van der Waals surface area contributed by atoms with E-state index in [4.69, 9.17) is 5.73 Å². The van der Waals surface area contributed by atoms with E-state index in [0.717, 1.165) is 5.56 Å². The normalized spacial score (nSPS) is 12.1. The van der Waals surface area contributed by atoms with Crippen molar-refractivity contribution >= 4 is 5.91 Å². The fourth-order valence-corrected chi connectivity index (χ4v) is 1.49. The van der Waals surface area contributed by atoms with Crippen LogP contribution in [0.2, 0.25) is 0 Å². The van der Waals surface area contributed by atoms with Gasteiger partial charge in [0, 0.05) is 12.1 Å². The molecule has 2 aromatic rings. The first-order chi connectivity index (χ1) is 8.70. The molecule has 1 unspecified atom stereocenters. The van der Waals surface area contributed by atoms with Crippen molar-refractivity contribution in [3.05, 3.63) is 41.2 Å². The van der Waals surface area contributed by atoms with Gasteiger partial charge in [0.25, 0.3) is 5.91 Å². The first kappa shape index (κ1) is 12.2. The molecule has 94 valence electrons. The van der Waals surface area contributed by atoms with Gasteiger partial charge >= 0.3 is 0 Å². The summed E-state index contributed by atoms with van der Waals surface area (Å²) in [4.78, 5) is 11.9. The number of hydrogen-bond donors (Lipinski definition) is 3. The van der Waals surface area contributed by atoms with Gasteiger partial charge in [-0.2, -0.15) is 5.21 Å². The minimum Gasteiger partial charge on any atom is -0.342 e. The van der Waals surface area contributed by atoms with E-state index < -0.39 is 0 Å². The molecule has 7 heteroatoms. The van der Waals surface area contributed by atoms with Gasteiger partial charge in [-0.05, 0) is 24.6 Å². The van der Waals surface area contributed by atoms with Crippen molar-refractivity contribution in [3.8, 4) is 0 Å². The molecule has 7 nitrogen and oxygen atoms in total. The number of nitrogens with zero attached hydrogens (tertiary/aromatic N) is 3. The van der Waals surface area contributed by atoms with Gasteiger partial charge in [-0.25, -0.2) is 0 Å². The first-order valence-corrected chi connectivity index (χ1v) is 5.54. The summed E-state index contributed by atoms with van der Waals surface area (Å²) in [7, 11) is 0. The van der Waals surface area contributed by atoms with E-state index in [0.29, 0.717) is 17.9 Å². The third-order valence-corrected chi connectivity index (χ3v) is 2.55. The molecule has 0 aliphatic carbocycles. The smallest absolute Gasteiger partial charge is 0.251 e. The van der Waals surface area contributed by atoms with Crippen LogP contribution in [0.15, 0.2) is 24.3 Å². The van der Waals surface area contributed by atoms with E-state index >= 15 is 0 Å². The molecule has 4 N–H and O–H groups in total. The average molecular weight is 246 g/mol. The number of rotatable bonds is 4. The van der Waals surface area contributed by atoms with Crippen molar-refractivity contribution in [1.29, 1.82) is 0 Å². The largest absolute Gasteiger partial charge is 0.342 e. The highest BCUT2D eigenvalue weighted by Gasteiger charge is 2.14. The summed E-state index contributed by atoms with van der Waals surface area (Å²) >= 11 is 0. The Bertz CT molecular complexity index is 507. The Morgan fingerprint density at radius 1 is 1.44 bits per heavy atom. The summed E-state index contributed by atoms with van der Waals surface area (Å²) in [6.45, 7) is 2.25. The Balaban J connectivity index is 2.03. The second-order valence-electron chi connectivity index (χ2n) is 3.87. The van der Waals surface area contributed by atoms with Crippen LogP contribution < -0.4 is 11.1 Å². The fraction of sp³-hybridized carbons (Fsp3) is 0.273. The average Bonchev–Trinajstić information content (AvgIpc) is 2.92. The molecular formula is C11H14N6O. The second-order valence-corrected chi connectivity index (χ2v) is 3.87. The molecule has 0 spiro atoms. The van der Waals surface area contributed by atoms with Crippen LogP contribution in [-0.4, -0.2) is 26.5 Å². The monoisotopic (exact) mass is 246 g/mol. The summed E-state index contributed by atoms with van der Waals surface area (Å²) in [5.74, 6) is 0.262. The maximum absolute atomic E-state index is 11.9. The quantitative estimate of drug-likeness (QED) is 0.711. The fourth-order valence-electron chi connectivity index (χ4n) is 1.49.